The molecular formula is C22H29N5O2. The average molecular weight is 396 g/mol. The summed E-state index contributed by atoms with van der Waals surface area (Å²) < 4.78 is 1.95. The van der Waals surface area contributed by atoms with Crippen LogP contribution < -0.4 is 5.32 Å². The second-order valence-corrected chi connectivity index (χ2v) is 7.90. The van der Waals surface area contributed by atoms with Crippen LogP contribution >= 0.6 is 0 Å². The van der Waals surface area contributed by atoms with E-state index >= 15 is 0 Å². The molecule has 2 aliphatic rings. The number of carbonyl (C=O) groups is 2. The maximum absolute atomic E-state index is 13.4. The highest BCUT2D eigenvalue weighted by Gasteiger charge is 2.33. The summed E-state index contributed by atoms with van der Waals surface area (Å²) >= 11 is 0. The van der Waals surface area contributed by atoms with E-state index in [1.54, 1.807) is 6.20 Å². The summed E-state index contributed by atoms with van der Waals surface area (Å²) in [4.78, 5) is 37.1. The fraction of sp³-hybridized carbons (Fsp3) is 0.545. The van der Waals surface area contributed by atoms with Gasteiger partial charge in [0.2, 0.25) is 0 Å². The Morgan fingerprint density at radius 3 is 2.83 bits per heavy atom. The van der Waals surface area contributed by atoms with Gasteiger partial charge in [0.15, 0.2) is 5.82 Å². The number of amides is 2. The smallest absolute Gasteiger partial charge is 0.287 e. The molecule has 0 aliphatic carbocycles. The lowest BCUT2D eigenvalue weighted by molar-refractivity contribution is 0.0600. The number of fused-ring (bicyclic) bond motifs is 1. The predicted molar refractivity (Wildman–Crippen MR) is 110 cm³/mol. The largest absolute Gasteiger partial charge is 0.344 e. The summed E-state index contributed by atoms with van der Waals surface area (Å²) in [6.07, 6.45) is 8.75. The molecule has 0 radical (unpaired) electrons. The lowest BCUT2D eigenvalue weighted by atomic mass is 9.99. The van der Waals surface area contributed by atoms with E-state index in [1.807, 2.05) is 27.7 Å². The van der Waals surface area contributed by atoms with Crippen molar-refractivity contribution in [2.24, 2.45) is 0 Å². The number of hydrogen-bond acceptors (Lipinski definition) is 4. The second-order valence-electron chi connectivity index (χ2n) is 7.90. The molecule has 0 aromatic carbocycles. The van der Waals surface area contributed by atoms with Gasteiger partial charge >= 0.3 is 0 Å². The van der Waals surface area contributed by atoms with Crippen molar-refractivity contribution in [2.75, 3.05) is 6.54 Å². The lowest BCUT2D eigenvalue weighted by Gasteiger charge is -2.35. The van der Waals surface area contributed by atoms with E-state index in [-0.39, 0.29) is 17.9 Å². The Balaban J connectivity index is 1.58. The molecule has 2 amide bonds. The monoisotopic (exact) mass is 395 g/mol. The molecule has 2 aromatic rings. The van der Waals surface area contributed by atoms with Gasteiger partial charge in [-0.1, -0.05) is 13.0 Å². The van der Waals surface area contributed by atoms with E-state index in [2.05, 4.69) is 22.2 Å². The van der Waals surface area contributed by atoms with Crippen molar-refractivity contribution in [1.82, 2.24) is 24.8 Å². The molecule has 4 rings (SSSR count). The van der Waals surface area contributed by atoms with Crippen molar-refractivity contribution in [3.63, 3.8) is 0 Å². The van der Waals surface area contributed by atoms with Crippen LogP contribution in [0.1, 0.15) is 77.9 Å². The van der Waals surface area contributed by atoms with Gasteiger partial charge < -0.3 is 14.8 Å². The quantitative estimate of drug-likeness (QED) is 0.844. The van der Waals surface area contributed by atoms with Crippen LogP contribution in [0.25, 0.3) is 0 Å². The highest BCUT2D eigenvalue weighted by atomic mass is 16.2. The first kappa shape index (κ1) is 19.6. The predicted octanol–water partition coefficient (Wildman–Crippen LogP) is 2.95. The van der Waals surface area contributed by atoms with Crippen LogP contribution in [0, 0.1) is 0 Å². The van der Waals surface area contributed by atoms with E-state index in [4.69, 9.17) is 0 Å². The maximum Gasteiger partial charge on any atom is 0.287 e. The average Bonchev–Trinajstić information content (AvgIpc) is 3.17. The van der Waals surface area contributed by atoms with E-state index in [0.29, 0.717) is 18.1 Å². The Kier molecular flexibility index (Phi) is 5.92. The first-order valence-electron chi connectivity index (χ1n) is 10.8. The molecule has 154 valence electrons. The van der Waals surface area contributed by atoms with Crippen molar-refractivity contribution in [2.45, 2.75) is 71.0 Å². The fourth-order valence-corrected chi connectivity index (χ4v) is 4.47. The van der Waals surface area contributed by atoms with Gasteiger partial charge in [0, 0.05) is 25.3 Å². The minimum Gasteiger partial charge on any atom is -0.344 e. The Bertz CT molecular complexity index is 877. The number of nitrogens with zero attached hydrogens (tertiary/aromatic N) is 4. The summed E-state index contributed by atoms with van der Waals surface area (Å²) in [6.45, 7) is 3.99. The van der Waals surface area contributed by atoms with E-state index in [0.717, 1.165) is 63.0 Å². The van der Waals surface area contributed by atoms with E-state index < -0.39 is 0 Å². The molecule has 1 N–H and O–H groups in total. The summed E-state index contributed by atoms with van der Waals surface area (Å²) in [5.74, 6) is 0.0959. The third-order valence-corrected chi connectivity index (χ3v) is 6.04. The molecule has 2 aliphatic heterocycles. The van der Waals surface area contributed by atoms with Crippen LogP contribution in [0.2, 0.25) is 0 Å². The zero-order valence-electron chi connectivity index (χ0n) is 17.1. The minimum atomic E-state index is -0.247. The molecule has 1 saturated heterocycles. The van der Waals surface area contributed by atoms with Gasteiger partial charge in [-0.3, -0.25) is 14.6 Å². The molecular weight excluding hydrogens is 366 g/mol. The molecule has 0 spiro atoms. The highest BCUT2D eigenvalue weighted by Crippen LogP contribution is 2.26. The first-order chi connectivity index (χ1) is 14.2. The first-order valence-corrected chi connectivity index (χ1v) is 10.8. The van der Waals surface area contributed by atoms with Gasteiger partial charge in [-0.15, -0.1) is 0 Å². The Morgan fingerprint density at radius 1 is 1.17 bits per heavy atom. The number of rotatable bonds is 5. The number of nitrogens with one attached hydrogen (secondary N) is 1. The number of likely N-dealkylation sites (tertiary alicyclic amines) is 1. The van der Waals surface area contributed by atoms with Crippen LogP contribution in [-0.2, 0) is 19.5 Å². The van der Waals surface area contributed by atoms with Gasteiger partial charge in [0.1, 0.15) is 5.69 Å². The summed E-state index contributed by atoms with van der Waals surface area (Å²) in [5, 5.41) is 2.91. The fourth-order valence-electron chi connectivity index (χ4n) is 4.47. The van der Waals surface area contributed by atoms with Gasteiger partial charge in [-0.05, 0) is 57.1 Å². The zero-order chi connectivity index (χ0) is 20.2. The van der Waals surface area contributed by atoms with Crippen molar-refractivity contribution in [3.05, 3.63) is 47.3 Å². The zero-order valence-corrected chi connectivity index (χ0v) is 17.1. The van der Waals surface area contributed by atoms with Gasteiger partial charge in [0.05, 0.1) is 17.9 Å². The van der Waals surface area contributed by atoms with E-state index in [1.165, 1.54) is 6.42 Å². The van der Waals surface area contributed by atoms with Crippen LogP contribution in [0.5, 0.6) is 0 Å². The van der Waals surface area contributed by atoms with Crippen LogP contribution in [-0.4, -0.2) is 43.8 Å². The number of piperidine rings is 1. The molecule has 0 bridgehead atoms. The molecule has 2 aromatic heterocycles. The molecule has 4 heterocycles. The second kappa shape index (κ2) is 8.76. The number of aromatic nitrogens is 3. The van der Waals surface area contributed by atoms with Gasteiger partial charge in [0.25, 0.3) is 11.8 Å². The van der Waals surface area contributed by atoms with Crippen molar-refractivity contribution < 1.29 is 9.59 Å². The summed E-state index contributed by atoms with van der Waals surface area (Å²) in [7, 11) is 0. The third kappa shape index (κ3) is 4.04. The molecule has 1 unspecified atom stereocenters. The summed E-state index contributed by atoms with van der Waals surface area (Å²) in [5.41, 5.74) is 2.19. The van der Waals surface area contributed by atoms with Crippen molar-refractivity contribution >= 4 is 11.8 Å². The van der Waals surface area contributed by atoms with E-state index in [9.17, 15) is 9.59 Å². The number of hydrogen-bond donors (Lipinski definition) is 1. The van der Waals surface area contributed by atoms with Gasteiger partial charge in [-0.2, -0.15) is 0 Å². The molecule has 7 nitrogen and oxygen atoms in total. The highest BCUT2D eigenvalue weighted by molar-refractivity contribution is 5.97. The Hall–Kier alpha value is -2.70. The van der Waals surface area contributed by atoms with Crippen molar-refractivity contribution in [3.8, 4) is 0 Å². The Morgan fingerprint density at radius 2 is 2.03 bits per heavy atom. The maximum atomic E-state index is 13.4. The topological polar surface area (TPSA) is 80.1 Å². The molecule has 7 heteroatoms. The Labute approximate surface area is 171 Å². The number of imidazole rings is 1. The molecule has 0 saturated carbocycles. The van der Waals surface area contributed by atoms with Crippen LogP contribution in [0.4, 0.5) is 0 Å². The normalized spacial score (nSPS) is 18.9. The SMILES string of the molecule is CCC1CCCCN1C(=O)c1nc(C(=O)NCc2ccccn2)n2c1CCCC2. The molecule has 1 fully saturated rings. The van der Waals surface area contributed by atoms with Crippen molar-refractivity contribution in [1.29, 1.82) is 0 Å². The standard InChI is InChI=1S/C22H29N5O2/c1-2-17-10-4-7-13-26(17)22(29)19-18-11-5-8-14-27(18)20(25-19)21(28)24-15-16-9-3-6-12-23-16/h3,6,9,12,17H,2,4-5,7-8,10-11,13-15H2,1H3,(H,24,28). The van der Waals surface area contributed by atoms with Crippen LogP contribution in [0.3, 0.4) is 0 Å². The third-order valence-electron chi connectivity index (χ3n) is 6.04. The minimum absolute atomic E-state index is 0.00836. The summed E-state index contributed by atoms with van der Waals surface area (Å²) in [6, 6.07) is 5.89. The molecule has 1 atom stereocenters. The lowest BCUT2D eigenvalue weighted by Crippen LogP contribution is -2.44. The number of pyridine rings is 1. The number of carbonyl (C=O) groups excluding carboxylic acids is 2. The van der Waals surface area contributed by atoms with Gasteiger partial charge in [-0.25, -0.2) is 4.98 Å². The van der Waals surface area contributed by atoms with Crippen LogP contribution in [0.15, 0.2) is 24.4 Å². The molecule has 29 heavy (non-hydrogen) atoms.